The number of amides is 2. The van der Waals surface area contributed by atoms with E-state index in [1.165, 1.54) is 5.32 Å². The summed E-state index contributed by atoms with van der Waals surface area (Å²) >= 11 is 0. The van der Waals surface area contributed by atoms with Crippen LogP contribution in [0.4, 0.5) is 18.0 Å². The molecule has 0 spiro atoms. The number of rotatable bonds is 4. The number of alkyl halides is 3. The zero-order valence-electron chi connectivity index (χ0n) is 10.5. The van der Waals surface area contributed by atoms with Gasteiger partial charge in [-0.15, -0.1) is 0 Å². The molecule has 0 aliphatic heterocycles. The summed E-state index contributed by atoms with van der Waals surface area (Å²) in [5.74, 6) is -1.89. The maximum Gasteiger partial charge on any atom is 0.422 e. The first-order valence-corrected chi connectivity index (χ1v) is 6.03. The van der Waals surface area contributed by atoms with E-state index in [-0.39, 0.29) is 12.5 Å². The molecule has 8 heteroatoms. The van der Waals surface area contributed by atoms with Crippen molar-refractivity contribution in [2.24, 2.45) is 5.92 Å². The molecule has 1 fully saturated rings. The van der Waals surface area contributed by atoms with Crippen molar-refractivity contribution in [2.75, 3.05) is 6.54 Å². The van der Waals surface area contributed by atoms with E-state index < -0.39 is 23.7 Å². The second-order valence-electron chi connectivity index (χ2n) is 4.91. The number of urea groups is 1. The predicted molar refractivity (Wildman–Crippen MR) is 60.6 cm³/mol. The minimum Gasteiger partial charge on any atom is -0.479 e. The quantitative estimate of drug-likeness (QED) is 0.736. The number of halogens is 3. The summed E-state index contributed by atoms with van der Waals surface area (Å²) in [6.07, 6.45) is -1.12. The number of carboxylic acids is 1. The third-order valence-electron chi connectivity index (χ3n) is 3.38. The Hall–Kier alpha value is -1.47. The monoisotopic (exact) mass is 282 g/mol. The van der Waals surface area contributed by atoms with E-state index in [0.29, 0.717) is 6.92 Å². The highest BCUT2D eigenvalue weighted by Crippen LogP contribution is 2.30. The van der Waals surface area contributed by atoms with Gasteiger partial charge in [-0.3, -0.25) is 0 Å². The zero-order chi connectivity index (χ0) is 14.7. The Morgan fingerprint density at radius 3 is 2.21 bits per heavy atom. The molecule has 0 aromatic rings. The molecular formula is C11H17F3N2O3. The average Bonchev–Trinajstić information content (AvgIpc) is 2.77. The lowest BCUT2D eigenvalue weighted by atomic mass is 10.0. The number of nitrogens with one attached hydrogen (secondary N) is 2. The lowest BCUT2D eigenvalue weighted by molar-refractivity contribution is -0.203. The van der Waals surface area contributed by atoms with Crippen molar-refractivity contribution < 1.29 is 27.9 Å². The van der Waals surface area contributed by atoms with Crippen LogP contribution in [-0.4, -0.2) is 35.4 Å². The van der Waals surface area contributed by atoms with Crippen molar-refractivity contribution in [3.05, 3.63) is 0 Å². The second kappa shape index (κ2) is 5.66. The number of aliphatic carboxylic acids is 1. The van der Waals surface area contributed by atoms with Crippen LogP contribution in [0, 0.1) is 5.92 Å². The van der Waals surface area contributed by atoms with Gasteiger partial charge in [0.1, 0.15) is 0 Å². The molecule has 1 unspecified atom stereocenters. The van der Waals surface area contributed by atoms with Gasteiger partial charge in [0.15, 0.2) is 0 Å². The smallest absolute Gasteiger partial charge is 0.422 e. The molecule has 0 saturated heterocycles. The lowest BCUT2D eigenvalue weighted by Gasteiger charge is -2.28. The standard InChI is InChI=1S/C11H17F3N2O3/c1-10(8(17)18,11(12,13)14)16-9(19)15-6-7-4-2-3-5-7/h7H,2-6H2,1H3,(H,17,18)(H2,15,16,19). The second-order valence-corrected chi connectivity index (χ2v) is 4.91. The Labute approximate surface area is 108 Å². The van der Waals surface area contributed by atoms with Gasteiger partial charge in [-0.05, 0) is 25.7 Å². The van der Waals surface area contributed by atoms with Crippen LogP contribution < -0.4 is 10.6 Å². The van der Waals surface area contributed by atoms with Crippen LogP contribution in [-0.2, 0) is 4.79 Å². The van der Waals surface area contributed by atoms with E-state index in [2.05, 4.69) is 5.32 Å². The number of carbonyl (C=O) groups excluding carboxylic acids is 1. The summed E-state index contributed by atoms with van der Waals surface area (Å²) in [6, 6.07) is -1.12. The fourth-order valence-corrected chi connectivity index (χ4v) is 1.97. The van der Waals surface area contributed by atoms with Crippen molar-refractivity contribution in [1.29, 1.82) is 0 Å². The maximum absolute atomic E-state index is 12.6. The Morgan fingerprint density at radius 1 is 1.26 bits per heavy atom. The minimum absolute atomic E-state index is 0.257. The summed E-state index contributed by atoms with van der Waals surface area (Å²) in [7, 11) is 0. The first-order valence-electron chi connectivity index (χ1n) is 6.03. The van der Waals surface area contributed by atoms with Gasteiger partial charge in [-0.25, -0.2) is 9.59 Å². The molecule has 19 heavy (non-hydrogen) atoms. The molecule has 3 N–H and O–H groups in total. The number of hydrogen-bond acceptors (Lipinski definition) is 2. The maximum atomic E-state index is 12.6. The van der Waals surface area contributed by atoms with Crippen LogP contribution in [0.25, 0.3) is 0 Å². The molecule has 5 nitrogen and oxygen atoms in total. The Morgan fingerprint density at radius 2 is 1.79 bits per heavy atom. The van der Waals surface area contributed by atoms with Gasteiger partial charge in [-0.1, -0.05) is 12.8 Å². The molecule has 2 amide bonds. The highest BCUT2D eigenvalue weighted by atomic mass is 19.4. The van der Waals surface area contributed by atoms with Crippen molar-refractivity contribution in [2.45, 2.75) is 44.3 Å². The molecule has 0 heterocycles. The van der Waals surface area contributed by atoms with Crippen molar-refractivity contribution >= 4 is 12.0 Å². The number of hydrogen-bond donors (Lipinski definition) is 3. The van der Waals surface area contributed by atoms with E-state index in [1.807, 2.05) is 0 Å². The molecule has 1 aliphatic rings. The van der Waals surface area contributed by atoms with E-state index in [1.54, 1.807) is 0 Å². The van der Waals surface area contributed by atoms with Gasteiger partial charge in [0, 0.05) is 6.54 Å². The van der Waals surface area contributed by atoms with Crippen LogP contribution >= 0.6 is 0 Å². The molecule has 110 valence electrons. The van der Waals surface area contributed by atoms with Gasteiger partial charge < -0.3 is 15.7 Å². The van der Waals surface area contributed by atoms with E-state index in [4.69, 9.17) is 5.11 Å². The Kier molecular flexibility index (Phi) is 4.65. The van der Waals surface area contributed by atoms with Gasteiger partial charge >= 0.3 is 18.2 Å². The van der Waals surface area contributed by atoms with E-state index in [9.17, 15) is 22.8 Å². The third kappa shape index (κ3) is 3.74. The van der Waals surface area contributed by atoms with E-state index >= 15 is 0 Å². The highest BCUT2D eigenvalue weighted by Gasteiger charge is 2.58. The fourth-order valence-electron chi connectivity index (χ4n) is 1.97. The molecule has 1 saturated carbocycles. The predicted octanol–water partition coefficient (Wildman–Crippen LogP) is 1.88. The SMILES string of the molecule is CC(NC(=O)NCC1CCCC1)(C(=O)O)C(F)(F)F. The summed E-state index contributed by atoms with van der Waals surface area (Å²) in [4.78, 5) is 22.1. The zero-order valence-corrected chi connectivity index (χ0v) is 10.5. The third-order valence-corrected chi connectivity index (χ3v) is 3.38. The van der Waals surface area contributed by atoms with Gasteiger partial charge in [-0.2, -0.15) is 13.2 Å². The normalized spacial score (nSPS) is 19.8. The van der Waals surface area contributed by atoms with Gasteiger partial charge in [0.25, 0.3) is 0 Å². The van der Waals surface area contributed by atoms with E-state index in [0.717, 1.165) is 25.7 Å². The minimum atomic E-state index is -5.07. The largest absolute Gasteiger partial charge is 0.479 e. The first-order chi connectivity index (χ1) is 8.67. The van der Waals surface area contributed by atoms with Crippen molar-refractivity contribution in [3.8, 4) is 0 Å². The molecular weight excluding hydrogens is 265 g/mol. The Bertz CT molecular complexity index is 354. The number of carbonyl (C=O) groups is 2. The fraction of sp³-hybridized carbons (Fsp3) is 0.818. The molecule has 1 aliphatic carbocycles. The molecule has 1 atom stereocenters. The lowest BCUT2D eigenvalue weighted by Crippen LogP contribution is -2.63. The molecule has 0 radical (unpaired) electrons. The summed E-state index contributed by atoms with van der Waals surface area (Å²) in [5, 5.41) is 12.4. The Balaban J connectivity index is 2.54. The number of carboxylic acid groups (broad SMARTS) is 1. The summed E-state index contributed by atoms with van der Waals surface area (Å²) < 4.78 is 37.9. The van der Waals surface area contributed by atoms with Crippen molar-refractivity contribution in [3.63, 3.8) is 0 Å². The molecule has 0 bridgehead atoms. The van der Waals surface area contributed by atoms with Crippen molar-refractivity contribution in [1.82, 2.24) is 10.6 Å². The first kappa shape index (κ1) is 15.6. The van der Waals surface area contributed by atoms with Gasteiger partial charge in [0.2, 0.25) is 5.54 Å². The van der Waals surface area contributed by atoms with Crippen LogP contribution in [0.1, 0.15) is 32.6 Å². The summed E-state index contributed by atoms with van der Waals surface area (Å²) in [5.41, 5.74) is -3.28. The van der Waals surface area contributed by atoms with Crippen LogP contribution in [0.3, 0.4) is 0 Å². The van der Waals surface area contributed by atoms with Gasteiger partial charge in [0.05, 0.1) is 0 Å². The van der Waals surface area contributed by atoms with Crippen LogP contribution in [0.5, 0.6) is 0 Å². The molecule has 0 aromatic carbocycles. The van der Waals surface area contributed by atoms with Crippen LogP contribution in [0.15, 0.2) is 0 Å². The summed E-state index contributed by atoms with van der Waals surface area (Å²) in [6.45, 7) is 0.684. The molecule has 0 aromatic heterocycles. The molecule has 1 rings (SSSR count). The van der Waals surface area contributed by atoms with Crippen LogP contribution in [0.2, 0.25) is 0 Å². The average molecular weight is 282 g/mol. The highest BCUT2D eigenvalue weighted by molar-refractivity contribution is 5.86. The topological polar surface area (TPSA) is 78.4 Å².